The lowest BCUT2D eigenvalue weighted by molar-refractivity contribution is 0.628. The van der Waals surface area contributed by atoms with E-state index in [2.05, 4.69) is 31.5 Å². The van der Waals surface area contributed by atoms with E-state index in [9.17, 15) is 4.39 Å². The van der Waals surface area contributed by atoms with Crippen molar-refractivity contribution >= 4 is 21.6 Å². The molecule has 0 spiro atoms. The van der Waals surface area contributed by atoms with Crippen LogP contribution in [0.15, 0.2) is 40.9 Å². The molecule has 0 unspecified atom stereocenters. The predicted octanol–water partition coefficient (Wildman–Crippen LogP) is 3.12. The Morgan fingerprint density at radius 1 is 1.19 bits per heavy atom. The molecular weight excluding hydrogens is 337 g/mol. The third-order valence-electron chi connectivity index (χ3n) is 2.98. The zero-order chi connectivity index (χ0) is 15.0. The van der Waals surface area contributed by atoms with E-state index in [4.69, 9.17) is 5.73 Å². The molecule has 0 fully saturated rings. The van der Waals surface area contributed by atoms with E-state index in [0.717, 1.165) is 15.7 Å². The van der Waals surface area contributed by atoms with E-state index in [1.807, 2.05) is 25.1 Å². The molecule has 5 nitrogen and oxygen atoms in total. The first-order chi connectivity index (χ1) is 10.0. The fourth-order valence-corrected chi connectivity index (χ4v) is 2.72. The van der Waals surface area contributed by atoms with Crippen LogP contribution in [0.5, 0.6) is 0 Å². The first kappa shape index (κ1) is 13.7. The highest BCUT2D eigenvalue weighted by atomic mass is 79.9. The van der Waals surface area contributed by atoms with Crippen molar-refractivity contribution in [3.63, 3.8) is 0 Å². The minimum atomic E-state index is -0.428. The van der Waals surface area contributed by atoms with Gasteiger partial charge in [-0.25, -0.2) is 4.39 Å². The largest absolute Gasteiger partial charge is 0.399 e. The number of hydrogen-bond acceptors (Lipinski definition) is 4. The summed E-state index contributed by atoms with van der Waals surface area (Å²) in [7, 11) is 0. The number of nitrogens with zero attached hydrogens (tertiary/aromatic N) is 4. The van der Waals surface area contributed by atoms with Crippen molar-refractivity contribution in [3.8, 4) is 17.1 Å². The Bertz CT molecular complexity index is 795. The van der Waals surface area contributed by atoms with Gasteiger partial charge in [-0.1, -0.05) is 6.07 Å². The molecule has 0 atom stereocenters. The Morgan fingerprint density at radius 3 is 2.71 bits per heavy atom. The van der Waals surface area contributed by atoms with Crippen LogP contribution in [0.2, 0.25) is 0 Å². The number of hydrogen-bond donors (Lipinski definition) is 1. The quantitative estimate of drug-likeness (QED) is 0.723. The van der Waals surface area contributed by atoms with Gasteiger partial charge in [0.05, 0.1) is 5.69 Å². The summed E-state index contributed by atoms with van der Waals surface area (Å²) < 4.78 is 15.9. The summed E-state index contributed by atoms with van der Waals surface area (Å²) in [5, 5.41) is 11.6. The van der Waals surface area contributed by atoms with Crippen LogP contribution in [0.1, 0.15) is 5.56 Å². The lowest BCUT2D eigenvalue weighted by atomic mass is 10.1. The second-order valence-electron chi connectivity index (χ2n) is 4.64. The number of nitrogen functional groups attached to an aromatic ring is 1. The van der Waals surface area contributed by atoms with Gasteiger partial charge in [0.25, 0.3) is 0 Å². The minimum absolute atomic E-state index is 0.322. The van der Waals surface area contributed by atoms with Gasteiger partial charge in [-0.3, -0.25) is 0 Å². The molecule has 21 heavy (non-hydrogen) atoms. The predicted molar refractivity (Wildman–Crippen MR) is 81.4 cm³/mol. The molecule has 0 saturated heterocycles. The molecule has 0 amide bonds. The highest BCUT2D eigenvalue weighted by molar-refractivity contribution is 9.10. The van der Waals surface area contributed by atoms with Gasteiger partial charge in [-0.2, -0.15) is 4.68 Å². The van der Waals surface area contributed by atoms with Crippen LogP contribution in [0.4, 0.5) is 10.1 Å². The van der Waals surface area contributed by atoms with Crippen molar-refractivity contribution in [1.29, 1.82) is 0 Å². The second kappa shape index (κ2) is 5.25. The summed E-state index contributed by atoms with van der Waals surface area (Å²) in [5.41, 5.74) is 8.39. The third-order valence-corrected chi connectivity index (χ3v) is 3.61. The lowest BCUT2D eigenvalue weighted by Gasteiger charge is -2.08. The minimum Gasteiger partial charge on any atom is -0.399 e. The number of benzene rings is 2. The summed E-state index contributed by atoms with van der Waals surface area (Å²) in [6, 6.07) is 10.0. The van der Waals surface area contributed by atoms with Crippen LogP contribution < -0.4 is 5.73 Å². The molecular formula is C14H11BrFN5. The first-order valence-corrected chi connectivity index (χ1v) is 6.95. The molecule has 0 aliphatic carbocycles. The molecule has 2 aromatic carbocycles. The van der Waals surface area contributed by atoms with E-state index in [1.54, 1.807) is 6.07 Å². The van der Waals surface area contributed by atoms with E-state index >= 15 is 0 Å². The number of tetrazole rings is 1. The molecule has 1 aromatic heterocycles. The molecule has 0 bridgehead atoms. The highest BCUT2D eigenvalue weighted by Crippen LogP contribution is 2.27. The fraction of sp³-hybridized carbons (Fsp3) is 0.0714. The fourth-order valence-electron chi connectivity index (χ4n) is 2.05. The molecule has 7 heteroatoms. The maximum absolute atomic E-state index is 13.5. The second-order valence-corrected chi connectivity index (χ2v) is 5.50. The number of halogens is 2. The first-order valence-electron chi connectivity index (χ1n) is 6.16. The van der Waals surface area contributed by atoms with E-state index in [-0.39, 0.29) is 0 Å². The van der Waals surface area contributed by atoms with E-state index in [1.165, 1.54) is 16.8 Å². The zero-order valence-electron chi connectivity index (χ0n) is 11.1. The number of anilines is 1. The number of rotatable bonds is 2. The van der Waals surface area contributed by atoms with Crippen LogP contribution in [0.25, 0.3) is 17.1 Å². The summed E-state index contributed by atoms with van der Waals surface area (Å²) in [5.74, 6) is -0.00623. The van der Waals surface area contributed by atoms with Gasteiger partial charge in [0.2, 0.25) is 0 Å². The number of aromatic nitrogens is 4. The van der Waals surface area contributed by atoms with Gasteiger partial charge in [-0.15, -0.1) is 5.10 Å². The van der Waals surface area contributed by atoms with Crippen LogP contribution >= 0.6 is 15.9 Å². The van der Waals surface area contributed by atoms with Crippen molar-refractivity contribution in [2.24, 2.45) is 0 Å². The topological polar surface area (TPSA) is 69.6 Å². The van der Waals surface area contributed by atoms with Crippen molar-refractivity contribution in [1.82, 2.24) is 20.2 Å². The molecule has 1 heterocycles. The monoisotopic (exact) mass is 347 g/mol. The van der Waals surface area contributed by atoms with Gasteiger partial charge in [0.15, 0.2) is 5.82 Å². The van der Waals surface area contributed by atoms with Crippen LogP contribution in [-0.4, -0.2) is 20.2 Å². The van der Waals surface area contributed by atoms with Crippen LogP contribution in [0, 0.1) is 12.7 Å². The molecule has 106 valence electrons. The highest BCUT2D eigenvalue weighted by Gasteiger charge is 2.14. The summed E-state index contributed by atoms with van der Waals surface area (Å²) in [6.45, 7) is 1.99. The molecule has 0 saturated carbocycles. The molecule has 0 radical (unpaired) electrons. The summed E-state index contributed by atoms with van der Waals surface area (Å²) in [4.78, 5) is 0. The molecule has 0 aliphatic rings. The van der Waals surface area contributed by atoms with Crippen molar-refractivity contribution in [3.05, 3.63) is 52.3 Å². The third kappa shape index (κ3) is 2.64. The Balaban J connectivity index is 2.17. The Kier molecular flexibility index (Phi) is 3.42. The summed E-state index contributed by atoms with van der Waals surface area (Å²) >= 11 is 3.49. The van der Waals surface area contributed by atoms with E-state index in [0.29, 0.717) is 17.1 Å². The van der Waals surface area contributed by atoms with Gasteiger partial charge in [-0.05, 0) is 69.2 Å². The smallest absolute Gasteiger partial charge is 0.187 e. The number of nitrogens with two attached hydrogens (primary N) is 1. The SMILES string of the molecule is Cc1ccc(-n2nnnc2-c2cc(N)cc(F)c2)c(Br)c1. The van der Waals surface area contributed by atoms with Gasteiger partial charge < -0.3 is 5.73 Å². The number of aryl methyl sites for hydroxylation is 1. The molecule has 3 rings (SSSR count). The maximum atomic E-state index is 13.5. The standard InChI is InChI=1S/C14H11BrFN5/c1-8-2-3-13(12(15)4-8)21-14(18-19-20-21)9-5-10(16)7-11(17)6-9/h2-7H,17H2,1H3. The Morgan fingerprint density at radius 2 is 2.00 bits per heavy atom. The lowest BCUT2D eigenvalue weighted by Crippen LogP contribution is -2.02. The van der Waals surface area contributed by atoms with Crippen LogP contribution in [-0.2, 0) is 0 Å². The van der Waals surface area contributed by atoms with E-state index < -0.39 is 5.82 Å². The van der Waals surface area contributed by atoms with Gasteiger partial charge in [0.1, 0.15) is 5.82 Å². The normalized spacial score (nSPS) is 10.8. The average molecular weight is 348 g/mol. The average Bonchev–Trinajstić information content (AvgIpc) is 2.86. The van der Waals surface area contributed by atoms with Crippen molar-refractivity contribution < 1.29 is 4.39 Å². The van der Waals surface area contributed by atoms with Gasteiger partial charge in [0, 0.05) is 15.7 Å². The van der Waals surface area contributed by atoms with Gasteiger partial charge >= 0.3 is 0 Å². The molecule has 2 N–H and O–H groups in total. The molecule has 0 aliphatic heterocycles. The Labute approximate surface area is 128 Å². The van der Waals surface area contributed by atoms with Crippen molar-refractivity contribution in [2.75, 3.05) is 5.73 Å². The van der Waals surface area contributed by atoms with Crippen molar-refractivity contribution in [2.45, 2.75) is 6.92 Å². The molecule has 3 aromatic rings. The summed E-state index contributed by atoms with van der Waals surface area (Å²) in [6.07, 6.45) is 0. The maximum Gasteiger partial charge on any atom is 0.187 e. The zero-order valence-corrected chi connectivity index (χ0v) is 12.7. The Hall–Kier alpha value is -2.28. The van der Waals surface area contributed by atoms with Crippen LogP contribution in [0.3, 0.4) is 0 Å².